The van der Waals surface area contributed by atoms with Gasteiger partial charge in [0, 0.05) is 19.6 Å². The Morgan fingerprint density at radius 1 is 1.41 bits per heavy atom. The van der Waals surface area contributed by atoms with Gasteiger partial charge in [-0.1, -0.05) is 12.2 Å². The van der Waals surface area contributed by atoms with E-state index in [4.69, 9.17) is 10.5 Å². The molecule has 0 saturated carbocycles. The molecule has 0 aromatic rings. The topological polar surface area (TPSA) is 38.5 Å². The minimum Gasteiger partial charge on any atom is -0.393 e. The van der Waals surface area contributed by atoms with Crippen molar-refractivity contribution in [2.45, 2.75) is 32.2 Å². The smallest absolute Gasteiger partial charge is 0.393 e. The summed E-state index contributed by atoms with van der Waals surface area (Å²) in [4.78, 5) is 1.21. The number of ether oxygens (including phenoxy) is 1. The van der Waals surface area contributed by atoms with Crippen molar-refractivity contribution in [2.24, 2.45) is 11.7 Å². The summed E-state index contributed by atoms with van der Waals surface area (Å²) in [5.74, 6) is -1.74. The third-order valence-electron chi connectivity index (χ3n) is 2.67. The van der Waals surface area contributed by atoms with Gasteiger partial charge in [0.1, 0.15) is 5.92 Å². The molecule has 17 heavy (non-hydrogen) atoms. The Labute approximate surface area is 104 Å². The highest BCUT2D eigenvalue weighted by Crippen LogP contribution is 2.28. The van der Waals surface area contributed by atoms with Crippen molar-refractivity contribution in [3.8, 4) is 0 Å². The van der Waals surface area contributed by atoms with Crippen LogP contribution in [0.3, 0.4) is 0 Å². The van der Waals surface area contributed by atoms with Gasteiger partial charge in [0.25, 0.3) is 0 Å². The number of nitrogens with zero attached hydrogens (tertiary/aromatic N) is 1. The van der Waals surface area contributed by atoms with E-state index in [1.807, 2.05) is 13.8 Å². The molecule has 1 heterocycles. The van der Waals surface area contributed by atoms with Crippen molar-refractivity contribution in [3.05, 3.63) is 0 Å². The maximum atomic E-state index is 12.7. The Morgan fingerprint density at radius 2 is 1.88 bits per heavy atom. The first-order valence-corrected chi connectivity index (χ1v) is 5.84. The average Bonchev–Trinajstić information content (AvgIpc) is 2.10. The molecule has 0 amide bonds. The summed E-state index contributed by atoms with van der Waals surface area (Å²) in [5, 5.41) is 0. The van der Waals surface area contributed by atoms with Crippen molar-refractivity contribution >= 4 is 17.2 Å². The van der Waals surface area contributed by atoms with Crippen LogP contribution in [0.5, 0.6) is 0 Å². The van der Waals surface area contributed by atoms with Gasteiger partial charge in [-0.3, -0.25) is 4.90 Å². The van der Waals surface area contributed by atoms with Gasteiger partial charge in [0.15, 0.2) is 0 Å². The SMILES string of the molecule is C[C@@H]1CN(CC(C(N)=S)C(F)(F)F)C[C@H](C)O1. The van der Waals surface area contributed by atoms with Crippen molar-refractivity contribution in [3.63, 3.8) is 0 Å². The quantitative estimate of drug-likeness (QED) is 0.790. The van der Waals surface area contributed by atoms with Gasteiger partial charge < -0.3 is 10.5 Å². The van der Waals surface area contributed by atoms with Crippen LogP contribution in [-0.2, 0) is 4.74 Å². The van der Waals surface area contributed by atoms with Crippen LogP contribution < -0.4 is 5.73 Å². The molecule has 1 unspecified atom stereocenters. The van der Waals surface area contributed by atoms with E-state index in [0.717, 1.165) is 0 Å². The van der Waals surface area contributed by atoms with Gasteiger partial charge in [0.2, 0.25) is 0 Å². The second kappa shape index (κ2) is 5.49. The zero-order valence-corrected chi connectivity index (χ0v) is 10.6. The fourth-order valence-electron chi connectivity index (χ4n) is 2.05. The standard InChI is InChI=1S/C10H17F3N2OS/c1-6-3-15(4-7(2)16-6)5-8(9(14)17)10(11,12)13/h6-8H,3-5H2,1-2H3,(H2,14,17)/t6-,7+,8?. The number of morpholine rings is 1. The summed E-state index contributed by atoms with van der Waals surface area (Å²) < 4.78 is 43.5. The fourth-order valence-corrected chi connectivity index (χ4v) is 2.25. The summed E-state index contributed by atoms with van der Waals surface area (Å²) in [6.07, 6.45) is -4.52. The molecule has 7 heteroatoms. The Kier molecular flexibility index (Phi) is 4.74. The molecule has 100 valence electrons. The maximum absolute atomic E-state index is 12.7. The lowest BCUT2D eigenvalue weighted by Crippen LogP contribution is -2.51. The predicted octanol–water partition coefficient (Wildman–Crippen LogP) is 1.56. The van der Waals surface area contributed by atoms with Gasteiger partial charge in [-0.2, -0.15) is 13.2 Å². The zero-order valence-electron chi connectivity index (χ0n) is 9.83. The number of thiocarbonyl (C=S) groups is 1. The molecule has 0 bridgehead atoms. The first-order chi connectivity index (χ1) is 7.70. The van der Waals surface area contributed by atoms with E-state index in [0.29, 0.717) is 13.1 Å². The maximum Gasteiger partial charge on any atom is 0.399 e. The molecule has 0 aromatic carbocycles. The molecule has 1 aliphatic rings. The minimum atomic E-state index is -4.38. The lowest BCUT2D eigenvalue weighted by atomic mass is 10.1. The molecule has 0 aliphatic carbocycles. The van der Waals surface area contributed by atoms with Crippen molar-refractivity contribution in [1.29, 1.82) is 0 Å². The summed E-state index contributed by atoms with van der Waals surface area (Å²) in [6.45, 7) is 4.44. The van der Waals surface area contributed by atoms with Gasteiger partial charge in [-0.05, 0) is 13.8 Å². The van der Waals surface area contributed by atoms with Gasteiger partial charge >= 0.3 is 6.18 Å². The number of halogens is 3. The molecule has 0 radical (unpaired) electrons. The highest BCUT2D eigenvalue weighted by Gasteiger charge is 2.43. The van der Waals surface area contributed by atoms with Crippen molar-refractivity contribution in [1.82, 2.24) is 4.90 Å². The van der Waals surface area contributed by atoms with E-state index in [9.17, 15) is 13.2 Å². The Bertz CT molecular complexity index is 275. The summed E-state index contributed by atoms with van der Waals surface area (Å²) in [6, 6.07) is 0. The Balaban J connectivity index is 2.64. The first-order valence-electron chi connectivity index (χ1n) is 5.44. The van der Waals surface area contributed by atoms with Crippen LogP contribution in [0, 0.1) is 5.92 Å². The highest BCUT2D eigenvalue weighted by molar-refractivity contribution is 7.80. The molecule has 3 atom stereocenters. The van der Waals surface area contributed by atoms with Crippen molar-refractivity contribution in [2.75, 3.05) is 19.6 Å². The van der Waals surface area contributed by atoms with Crippen molar-refractivity contribution < 1.29 is 17.9 Å². The summed E-state index contributed by atoms with van der Waals surface area (Å²) in [7, 11) is 0. The zero-order chi connectivity index (χ0) is 13.2. The highest BCUT2D eigenvalue weighted by atomic mass is 32.1. The molecule has 3 nitrogen and oxygen atoms in total. The molecular formula is C10H17F3N2OS. The molecule has 1 aliphatic heterocycles. The van der Waals surface area contributed by atoms with E-state index in [-0.39, 0.29) is 18.8 Å². The molecule has 2 N–H and O–H groups in total. The largest absolute Gasteiger partial charge is 0.399 e. The lowest BCUT2D eigenvalue weighted by Gasteiger charge is -2.37. The normalized spacial score (nSPS) is 29.0. The second-order valence-electron chi connectivity index (χ2n) is 4.47. The van der Waals surface area contributed by atoms with E-state index < -0.39 is 17.1 Å². The fraction of sp³-hybridized carbons (Fsp3) is 0.900. The number of hydrogen-bond acceptors (Lipinski definition) is 3. The second-order valence-corrected chi connectivity index (χ2v) is 4.94. The lowest BCUT2D eigenvalue weighted by molar-refractivity contribution is -0.165. The number of nitrogens with two attached hydrogens (primary N) is 1. The number of alkyl halides is 3. The average molecular weight is 270 g/mol. The van der Waals surface area contributed by atoms with Crippen LogP contribution in [-0.4, -0.2) is 47.9 Å². The van der Waals surface area contributed by atoms with Crippen LogP contribution >= 0.6 is 12.2 Å². The summed E-state index contributed by atoms with van der Waals surface area (Å²) >= 11 is 4.49. The van der Waals surface area contributed by atoms with Crippen LogP contribution in [0.2, 0.25) is 0 Å². The van der Waals surface area contributed by atoms with Crippen LogP contribution in [0.1, 0.15) is 13.8 Å². The minimum absolute atomic E-state index is 0.0704. The van der Waals surface area contributed by atoms with Crippen LogP contribution in [0.4, 0.5) is 13.2 Å². The van der Waals surface area contributed by atoms with Gasteiger partial charge in [-0.15, -0.1) is 0 Å². The molecule has 0 spiro atoms. The molecular weight excluding hydrogens is 253 g/mol. The monoisotopic (exact) mass is 270 g/mol. The first kappa shape index (κ1) is 14.7. The van der Waals surface area contributed by atoms with Crippen LogP contribution in [0.25, 0.3) is 0 Å². The van der Waals surface area contributed by atoms with E-state index in [1.165, 1.54) is 0 Å². The van der Waals surface area contributed by atoms with Gasteiger partial charge in [-0.25, -0.2) is 0 Å². The molecule has 1 rings (SSSR count). The van der Waals surface area contributed by atoms with E-state index in [1.54, 1.807) is 4.90 Å². The molecule has 1 saturated heterocycles. The number of hydrogen-bond donors (Lipinski definition) is 1. The third-order valence-corrected chi connectivity index (χ3v) is 2.96. The van der Waals surface area contributed by atoms with E-state index in [2.05, 4.69) is 12.2 Å². The van der Waals surface area contributed by atoms with Gasteiger partial charge in [0.05, 0.1) is 17.2 Å². The third kappa shape index (κ3) is 4.40. The Hall–Kier alpha value is -0.400. The molecule has 0 aromatic heterocycles. The number of rotatable bonds is 3. The Morgan fingerprint density at radius 3 is 2.24 bits per heavy atom. The van der Waals surface area contributed by atoms with E-state index >= 15 is 0 Å². The van der Waals surface area contributed by atoms with Crippen LogP contribution in [0.15, 0.2) is 0 Å². The summed E-state index contributed by atoms with van der Waals surface area (Å²) in [5.41, 5.74) is 5.16. The molecule has 1 fully saturated rings. The predicted molar refractivity (Wildman–Crippen MR) is 62.8 cm³/mol.